The van der Waals surface area contributed by atoms with Gasteiger partial charge >= 0.3 is 0 Å². The molecule has 0 atom stereocenters. The Balaban J connectivity index is 2.00. The van der Waals surface area contributed by atoms with Crippen molar-refractivity contribution in [3.8, 4) is 11.5 Å². The molecule has 0 fully saturated rings. The number of amides is 1. The number of likely N-dealkylation sites (N-methyl/N-ethyl adjacent to an activating group) is 1. The molecule has 1 heterocycles. The summed E-state index contributed by atoms with van der Waals surface area (Å²) < 4.78 is 11.6. The average Bonchev–Trinajstić information content (AvgIpc) is 2.69. The van der Waals surface area contributed by atoms with Crippen LogP contribution in [-0.4, -0.2) is 36.6 Å². The molecule has 1 aromatic carbocycles. The first-order valence-corrected chi connectivity index (χ1v) is 7.46. The molecule has 1 aliphatic heterocycles. The average molecular weight is 291 g/mol. The molecule has 2 rings (SSSR count). The molecule has 1 aliphatic rings. The monoisotopic (exact) mass is 291 g/mol. The second kappa shape index (κ2) is 5.96. The standard InChI is InChI=1S/C17H25NO3/c1-12(2)10-18(5)15(19)11-20-14-8-6-7-13-9-17(3,4)21-16(13)14/h6-8,12H,9-11H2,1-5H3. The minimum Gasteiger partial charge on any atom is -0.483 e. The lowest BCUT2D eigenvalue weighted by Crippen LogP contribution is -2.34. The van der Waals surface area contributed by atoms with Crippen LogP contribution in [-0.2, 0) is 11.2 Å². The van der Waals surface area contributed by atoms with Crippen molar-refractivity contribution in [3.05, 3.63) is 23.8 Å². The van der Waals surface area contributed by atoms with Crippen LogP contribution in [0.2, 0.25) is 0 Å². The van der Waals surface area contributed by atoms with E-state index in [0.29, 0.717) is 11.7 Å². The Labute approximate surface area is 127 Å². The fourth-order valence-electron chi connectivity index (χ4n) is 2.60. The number of nitrogens with zero attached hydrogens (tertiary/aromatic N) is 1. The second-order valence-electron chi connectivity index (χ2n) is 6.74. The molecule has 0 aliphatic carbocycles. The van der Waals surface area contributed by atoms with Gasteiger partial charge in [0.05, 0.1) is 0 Å². The molecule has 0 aromatic heterocycles. The number of rotatable bonds is 5. The van der Waals surface area contributed by atoms with Crippen molar-refractivity contribution in [2.45, 2.75) is 39.7 Å². The van der Waals surface area contributed by atoms with Crippen molar-refractivity contribution < 1.29 is 14.3 Å². The molecule has 1 aromatic rings. The van der Waals surface area contributed by atoms with Crippen LogP contribution >= 0.6 is 0 Å². The van der Waals surface area contributed by atoms with E-state index in [4.69, 9.17) is 9.47 Å². The predicted octanol–water partition coefficient (Wildman–Crippen LogP) is 2.89. The van der Waals surface area contributed by atoms with Crippen molar-refractivity contribution in [2.75, 3.05) is 20.2 Å². The molecule has 0 radical (unpaired) electrons. The summed E-state index contributed by atoms with van der Waals surface area (Å²) in [5, 5.41) is 0. The summed E-state index contributed by atoms with van der Waals surface area (Å²) in [6, 6.07) is 5.85. The van der Waals surface area contributed by atoms with Gasteiger partial charge in [-0.1, -0.05) is 26.0 Å². The third kappa shape index (κ3) is 3.90. The third-order valence-electron chi connectivity index (χ3n) is 3.47. The molecule has 4 nitrogen and oxygen atoms in total. The summed E-state index contributed by atoms with van der Waals surface area (Å²) in [5.74, 6) is 1.87. The van der Waals surface area contributed by atoms with Gasteiger partial charge in [-0.05, 0) is 25.8 Å². The first-order valence-electron chi connectivity index (χ1n) is 7.46. The zero-order valence-electron chi connectivity index (χ0n) is 13.6. The SMILES string of the molecule is CC(C)CN(C)C(=O)COc1cccc2c1OC(C)(C)C2. The Bertz CT molecular complexity index is 523. The van der Waals surface area contributed by atoms with Crippen LogP contribution in [0, 0.1) is 5.92 Å². The lowest BCUT2D eigenvalue weighted by Gasteiger charge is -2.20. The summed E-state index contributed by atoms with van der Waals surface area (Å²) in [4.78, 5) is 13.7. The van der Waals surface area contributed by atoms with Crippen LogP contribution in [0.15, 0.2) is 18.2 Å². The number of fused-ring (bicyclic) bond motifs is 1. The topological polar surface area (TPSA) is 38.8 Å². The van der Waals surface area contributed by atoms with E-state index >= 15 is 0 Å². The number of para-hydroxylation sites is 1. The van der Waals surface area contributed by atoms with E-state index in [2.05, 4.69) is 27.7 Å². The molecule has 116 valence electrons. The molecule has 0 saturated heterocycles. The number of carbonyl (C=O) groups excluding carboxylic acids is 1. The quantitative estimate of drug-likeness (QED) is 0.837. The van der Waals surface area contributed by atoms with E-state index in [9.17, 15) is 4.79 Å². The van der Waals surface area contributed by atoms with Crippen LogP contribution in [0.25, 0.3) is 0 Å². The highest BCUT2D eigenvalue weighted by Crippen LogP contribution is 2.41. The van der Waals surface area contributed by atoms with Gasteiger partial charge in [0.15, 0.2) is 18.1 Å². The van der Waals surface area contributed by atoms with Crippen molar-refractivity contribution >= 4 is 5.91 Å². The van der Waals surface area contributed by atoms with E-state index in [1.807, 2.05) is 18.2 Å². The smallest absolute Gasteiger partial charge is 0.260 e. The molecule has 0 bridgehead atoms. The Morgan fingerprint density at radius 1 is 1.43 bits per heavy atom. The van der Waals surface area contributed by atoms with Crippen molar-refractivity contribution in [2.24, 2.45) is 5.92 Å². The maximum atomic E-state index is 12.0. The van der Waals surface area contributed by atoms with Gasteiger partial charge in [-0.2, -0.15) is 0 Å². The van der Waals surface area contributed by atoms with E-state index in [0.717, 1.165) is 24.3 Å². The normalized spacial score (nSPS) is 15.5. The highest BCUT2D eigenvalue weighted by Gasteiger charge is 2.32. The third-order valence-corrected chi connectivity index (χ3v) is 3.47. The highest BCUT2D eigenvalue weighted by atomic mass is 16.5. The van der Waals surface area contributed by atoms with Gasteiger partial charge < -0.3 is 14.4 Å². The minimum atomic E-state index is -0.208. The fraction of sp³-hybridized carbons (Fsp3) is 0.588. The van der Waals surface area contributed by atoms with Gasteiger partial charge in [-0.25, -0.2) is 0 Å². The molecule has 0 spiro atoms. The molecule has 0 saturated carbocycles. The zero-order valence-corrected chi connectivity index (χ0v) is 13.6. The minimum absolute atomic E-state index is 0.0152. The Kier molecular flexibility index (Phi) is 4.45. The summed E-state index contributed by atoms with van der Waals surface area (Å²) in [6.45, 7) is 9.06. The first-order chi connectivity index (χ1) is 9.78. The lowest BCUT2D eigenvalue weighted by molar-refractivity contribution is -0.132. The van der Waals surface area contributed by atoms with Gasteiger partial charge in [0.2, 0.25) is 0 Å². The maximum Gasteiger partial charge on any atom is 0.260 e. The maximum absolute atomic E-state index is 12.0. The molecule has 0 unspecified atom stereocenters. The Morgan fingerprint density at radius 3 is 2.81 bits per heavy atom. The summed E-state index contributed by atoms with van der Waals surface area (Å²) in [5.41, 5.74) is 0.931. The molecular formula is C17H25NO3. The van der Waals surface area contributed by atoms with Crippen LogP contribution < -0.4 is 9.47 Å². The van der Waals surface area contributed by atoms with Gasteiger partial charge in [0.25, 0.3) is 5.91 Å². The largest absolute Gasteiger partial charge is 0.483 e. The lowest BCUT2D eigenvalue weighted by atomic mass is 10.0. The van der Waals surface area contributed by atoms with Gasteiger partial charge in [0.1, 0.15) is 5.60 Å². The molecule has 21 heavy (non-hydrogen) atoms. The number of carbonyl (C=O) groups is 1. The molecule has 0 N–H and O–H groups in total. The van der Waals surface area contributed by atoms with E-state index < -0.39 is 0 Å². The van der Waals surface area contributed by atoms with Crippen molar-refractivity contribution in [1.82, 2.24) is 4.90 Å². The number of ether oxygens (including phenoxy) is 2. The van der Waals surface area contributed by atoms with Gasteiger partial charge in [0, 0.05) is 25.6 Å². The summed E-state index contributed by atoms with van der Waals surface area (Å²) in [6.07, 6.45) is 0.862. The predicted molar refractivity (Wildman–Crippen MR) is 82.8 cm³/mol. The van der Waals surface area contributed by atoms with Crippen molar-refractivity contribution in [1.29, 1.82) is 0 Å². The number of hydrogen-bond acceptors (Lipinski definition) is 3. The van der Waals surface area contributed by atoms with Crippen LogP contribution in [0.5, 0.6) is 11.5 Å². The van der Waals surface area contributed by atoms with Crippen LogP contribution in [0.4, 0.5) is 0 Å². The van der Waals surface area contributed by atoms with E-state index in [-0.39, 0.29) is 18.1 Å². The zero-order chi connectivity index (χ0) is 15.6. The second-order valence-corrected chi connectivity index (χ2v) is 6.74. The number of benzene rings is 1. The Morgan fingerprint density at radius 2 is 2.14 bits per heavy atom. The molecule has 4 heteroatoms. The molecular weight excluding hydrogens is 266 g/mol. The summed E-state index contributed by atoms with van der Waals surface area (Å²) in [7, 11) is 1.81. The highest BCUT2D eigenvalue weighted by molar-refractivity contribution is 5.77. The Hall–Kier alpha value is -1.71. The van der Waals surface area contributed by atoms with Gasteiger partial charge in [-0.15, -0.1) is 0 Å². The van der Waals surface area contributed by atoms with Crippen LogP contribution in [0.1, 0.15) is 33.3 Å². The van der Waals surface area contributed by atoms with E-state index in [1.165, 1.54) is 0 Å². The van der Waals surface area contributed by atoms with Crippen LogP contribution in [0.3, 0.4) is 0 Å². The molecule has 1 amide bonds. The number of hydrogen-bond donors (Lipinski definition) is 0. The van der Waals surface area contributed by atoms with Crippen molar-refractivity contribution in [3.63, 3.8) is 0 Å². The first kappa shape index (κ1) is 15.7. The van der Waals surface area contributed by atoms with Gasteiger partial charge in [-0.3, -0.25) is 4.79 Å². The van der Waals surface area contributed by atoms with E-state index in [1.54, 1.807) is 11.9 Å². The summed E-state index contributed by atoms with van der Waals surface area (Å²) >= 11 is 0. The fourth-order valence-corrected chi connectivity index (χ4v) is 2.60.